The lowest BCUT2D eigenvalue weighted by Crippen LogP contribution is -2.32. The second kappa shape index (κ2) is 7.30. The van der Waals surface area contributed by atoms with Gasteiger partial charge in [0.2, 0.25) is 0 Å². The lowest BCUT2D eigenvalue weighted by molar-refractivity contribution is 0.0949. The van der Waals surface area contributed by atoms with Crippen LogP contribution in [-0.4, -0.2) is 30.5 Å². The first-order valence-electron chi connectivity index (χ1n) is 5.30. The summed E-state index contributed by atoms with van der Waals surface area (Å²) in [6.07, 6.45) is 0. The lowest BCUT2D eigenvalue weighted by atomic mass is 10.2. The maximum atomic E-state index is 11.7. The number of aryl methyl sites for hydroxylation is 2. The van der Waals surface area contributed by atoms with Crippen LogP contribution >= 0.6 is 12.4 Å². The van der Waals surface area contributed by atoms with Crippen molar-refractivity contribution < 1.29 is 4.79 Å². The lowest BCUT2D eigenvalue weighted by Gasteiger charge is -2.04. The Morgan fingerprint density at radius 1 is 1.38 bits per heavy atom. The van der Waals surface area contributed by atoms with E-state index in [1.54, 1.807) is 0 Å². The van der Waals surface area contributed by atoms with Gasteiger partial charge in [-0.3, -0.25) is 4.79 Å². The molecular formula is C11H20ClN3O. The molecule has 0 spiro atoms. The van der Waals surface area contributed by atoms with Crippen LogP contribution in [0.15, 0.2) is 6.07 Å². The Kier molecular flexibility index (Phi) is 6.85. The summed E-state index contributed by atoms with van der Waals surface area (Å²) in [6, 6.07) is 1.97. The van der Waals surface area contributed by atoms with Gasteiger partial charge in [0.05, 0.1) is 0 Å². The Hall–Kier alpha value is -1.00. The number of aromatic nitrogens is 1. The number of hydrogen-bond acceptors (Lipinski definition) is 2. The average molecular weight is 246 g/mol. The molecule has 0 aliphatic rings. The van der Waals surface area contributed by atoms with E-state index in [1.165, 1.54) is 0 Å². The van der Waals surface area contributed by atoms with E-state index in [0.29, 0.717) is 12.2 Å². The molecule has 1 aromatic heterocycles. The molecule has 0 atom stereocenters. The van der Waals surface area contributed by atoms with Gasteiger partial charge in [0.25, 0.3) is 5.91 Å². The average Bonchev–Trinajstić information content (AvgIpc) is 2.52. The van der Waals surface area contributed by atoms with Crippen LogP contribution in [0.1, 0.15) is 28.7 Å². The van der Waals surface area contributed by atoms with Crippen molar-refractivity contribution in [2.75, 3.05) is 19.6 Å². The van der Waals surface area contributed by atoms with E-state index in [1.807, 2.05) is 26.8 Å². The van der Waals surface area contributed by atoms with Crippen LogP contribution in [0.4, 0.5) is 0 Å². The van der Waals surface area contributed by atoms with Gasteiger partial charge in [-0.2, -0.15) is 0 Å². The Balaban J connectivity index is 0.00000225. The Bertz CT molecular complexity index is 336. The molecule has 0 bridgehead atoms. The van der Waals surface area contributed by atoms with Crippen LogP contribution in [0, 0.1) is 13.8 Å². The molecule has 1 amide bonds. The highest BCUT2D eigenvalue weighted by atomic mass is 35.5. The molecule has 0 radical (unpaired) electrons. The van der Waals surface area contributed by atoms with Gasteiger partial charge in [-0.05, 0) is 32.0 Å². The first-order valence-corrected chi connectivity index (χ1v) is 5.30. The summed E-state index contributed by atoms with van der Waals surface area (Å²) in [5.74, 6) is -0.0292. The number of carbonyl (C=O) groups is 1. The van der Waals surface area contributed by atoms with E-state index in [0.717, 1.165) is 24.3 Å². The smallest absolute Gasteiger partial charge is 0.268 e. The topological polar surface area (TPSA) is 56.9 Å². The molecular weight excluding hydrogens is 226 g/mol. The van der Waals surface area contributed by atoms with Crippen LogP contribution in [-0.2, 0) is 0 Å². The third-order valence-electron chi connectivity index (χ3n) is 2.21. The largest absolute Gasteiger partial charge is 0.354 e. The van der Waals surface area contributed by atoms with Gasteiger partial charge in [0.1, 0.15) is 5.69 Å². The predicted octanol–water partition coefficient (Wildman–Crippen LogP) is 1.39. The number of rotatable bonds is 5. The van der Waals surface area contributed by atoms with Crippen molar-refractivity contribution >= 4 is 18.3 Å². The summed E-state index contributed by atoms with van der Waals surface area (Å²) in [7, 11) is 0. The van der Waals surface area contributed by atoms with Crippen molar-refractivity contribution in [1.29, 1.82) is 0 Å². The summed E-state index contributed by atoms with van der Waals surface area (Å²) in [5.41, 5.74) is 2.68. The van der Waals surface area contributed by atoms with Crippen molar-refractivity contribution in [2.24, 2.45) is 0 Å². The van der Waals surface area contributed by atoms with E-state index in [-0.39, 0.29) is 18.3 Å². The minimum atomic E-state index is -0.0292. The Morgan fingerprint density at radius 3 is 2.56 bits per heavy atom. The summed E-state index contributed by atoms with van der Waals surface area (Å²) < 4.78 is 0. The number of carbonyl (C=O) groups excluding carboxylic acids is 1. The fourth-order valence-corrected chi connectivity index (χ4v) is 1.49. The van der Waals surface area contributed by atoms with Crippen LogP contribution < -0.4 is 10.6 Å². The SMILES string of the molecule is CCNCCNC(=O)c1[nH]c(C)cc1C.Cl. The molecule has 1 rings (SSSR count). The molecule has 0 aliphatic heterocycles. The van der Waals surface area contributed by atoms with Gasteiger partial charge in [-0.25, -0.2) is 0 Å². The maximum absolute atomic E-state index is 11.7. The number of likely N-dealkylation sites (N-methyl/N-ethyl adjacent to an activating group) is 1. The van der Waals surface area contributed by atoms with Crippen molar-refractivity contribution in [3.8, 4) is 0 Å². The van der Waals surface area contributed by atoms with E-state index in [2.05, 4.69) is 15.6 Å². The second-order valence-electron chi connectivity index (χ2n) is 3.62. The van der Waals surface area contributed by atoms with E-state index in [9.17, 15) is 4.79 Å². The zero-order valence-electron chi connectivity index (χ0n) is 10.0. The first-order chi connectivity index (χ1) is 7.15. The highest BCUT2D eigenvalue weighted by molar-refractivity contribution is 5.93. The molecule has 3 N–H and O–H groups in total. The molecule has 0 unspecified atom stereocenters. The number of H-pyrrole nitrogens is 1. The molecule has 4 nitrogen and oxygen atoms in total. The number of aromatic amines is 1. The van der Waals surface area contributed by atoms with Gasteiger partial charge in [0.15, 0.2) is 0 Å². The second-order valence-corrected chi connectivity index (χ2v) is 3.62. The van der Waals surface area contributed by atoms with Crippen LogP contribution in [0.5, 0.6) is 0 Å². The molecule has 16 heavy (non-hydrogen) atoms. The molecule has 0 saturated carbocycles. The fourth-order valence-electron chi connectivity index (χ4n) is 1.49. The van der Waals surface area contributed by atoms with Crippen LogP contribution in [0.2, 0.25) is 0 Å². The molecule has 1 aromatic rings. The fraction of sp³-hybridized carbons (Fsp3) is 0.545. The number of halogens is 1. The summed E-state index contributed by atoms with van der Waals surface area (Å²) >= 11 is 0. The van der Waals surface area contributed by atoms with Crippen molar-refractivity contribution in [3.05, 3.63) is 23.0 Å². The highest BCUT2D eigenvalue weighted by Gasteiger charge is 2.10. The molecule has 5 heteroatoms. The molecule has 0 fully saturated rings. The third kappa shape index (κ3) is 4.24. The van der Waals surface area contributed by atoms with Crippen molar-refractivity contribution in [2.45, 2.75) is 20.8 Å². The summed E-state index contributed by atoms with van der Waals surface area (Å²) in [5, 5.41) is 6.01. The maximum Gasteiger partial charge on any atom is 0.268 e. The quantitative estimate of drug-likeness (QED) is 0.687. The van der Waals surface area contributed by atoms with Crippen LogP contribution in [0.3, 0.4) is 0 Å². The van der Waals surface area contributed by atoms with Gasteiger partial charge < -0.3 is 15.6 Å². The number of hydrogen-bond donors (Lipinski definition) is 3. The summed E-state index contributed by atoms with van der Waals surface area (Å²) in [6.45, 7) is 8.31. The molecule has 92 valence electrons. The van der Waals surface area contributed by atoms with Gasteiger partial charge in [-0.1, -0.05) is 6.92 Å². The molecule has 0 aliphatic carbocycles. The van der Waals surface area contributed by atoms with E-state index < -0.39 is 0 Å². The number of nitrogens with one attached hydrogen (secondary N) is 3. The summed E-state index contributed by atoms with van der Waals surface area (Å²) in [4.78, 5) is 14.7. The van der Waals surface area contributed by atoms with Gasteiger partial charge in [-0.15, -0.1) is 12.4 Å². The minimum Gasteiger partial charge on any atom is -0.354 e. The zero-order valence-corrected chi connectivity index (χ0v) is 10.8. The highest BCUT2D eigenvalue weighted by Crippen LogP contribution is 2.08. The normalized spacial score (nSPS) is 9.69. The number of amides is 1. The van der Waals surface area contributed by atoms with Crippen molar-refractivity contribution in [1.82, 2.24) is 15.6 Å². The first kappa shape index (κ1) is 15.0. The van der Waals surface area contributed by atoms with Crippen LogP contribution in [0.25, 0.3) is 0 Å². The van der Waals surface area contributed by atoms with Crippen molar-refractivity contribution in [3.63, 3.8) is 0 Å². The van der Waals surface area contributed by atoms with E-state index >= 15 is 0 Å². The molecule has 0 saturated heterocycles. The predicted molar refractivity (Wildman–Crippen MR) is 68.4 cm³/mol. The molecule has 1 heterocycles. The van der Waals surface area contributed by atoms with E-state index in [4.69, 9.17) is 0 Å². The van der Waals surface area contributed by atoms with Gasteiger partial charge in [0, 0.05) is 18.8 Å². The Labute approximate surface area is 103 Å². The Morgan fingerprint density at radius 2 is 2.06 bits per heavy atom. The molecule has 0 aromatic carbocycles. The monoisotopic (exact) mass is 245 g/mol. The minimum absolute atomic E-state index is 0. The standard InChI is InChI=1S/C11H19N3O.ClH/c1-4-12-5-6-13-11(15)10-8(2)7-9(3)14-10;/h7,12,14H,4-6H2,1-3H3,(H,13,15);1H. The van der Waals surface area contributed by atoms with Gasteiger partial charge >= 0.3 is 0 Å². The third-order valence-corrected chi connectivity index (χ3v) is 2.21. The zero-order chi connectivity index (χ0) is 11.3.